The van der Waals surface area contributed by atoms with Gasteiger partial charge in [-0.25, -0.2) is 0 Å². The second kappa shape index (κ2) is 1.51. The molecule has 1 aliphatic carbocycles. The van der Waals surface area contributed by atoms with E-state index in [1.807, 2.05) is 0 Å². The monoisotopic (exact) mass is 125 g/mol. The molecule has 2 aliphatic rings. The van der Waals surface area contributed by atoms with E-state index in [1.165, 1.54) is 19.3 Å². The van der Waals surface area contributed by atoms with Gasteiger partial charge in [-0.2, -0.15) is 0 Å². The van der Waals surface area contributed by atoms with E-state index in [0.29, 0.717) is 5.54 Å². The number of nitrogens with one attached hydrogen (secondary N) is 1. The van der Waals surface area contributed by atoms with Crippen molar-refractivity contribution in [3.63, 3.8) is 0 Å². The number of rotatable bonds is 0. The summed E-state index contributed by atoms with van der Waals surface area (Å²) >= 11 is 0. The van der Waals surface area contributed by atoms with Gasteiger partial charge in [0.15, 0.2) is 0 Å². The highest BCUT2D eigenvalue weighted by molar-refractivity contribution is 5.15. The van der Waals surface area contributed by atoms with Crippen LogP contribution in [0.1, 0.15) is 33.1 Å². The van der Waals surface area contributed by atoms with Gasteiger partial charge in [0, 0.05) is 11.6 Å². The Kier molecular flexibility index (Phi) is 0.963. The van der Waals surface area contributed by atoms with Crippen LogP contribution in [-0.2, 0) is 0 Å². The summed E-state index contributed by atoms with van der Waals surface area (Å²) in [6.45, 7) is 4.73. The van der Waals surface area contributed by atoms with Crippen LogP contribution in [0.5, 0.6) is 0 Å². The molecule has 1 heterocycles. The van der Waals surface area contributed by atoms with E-state index in [2.05, 4.69) is 19.2 Å². The van der Waals surface area contributed by atoms with Gasteiger partial charge in [0.2, 0.25) is 0 Å². The Morgan fingerprint density at radius 3 is 2.78 bits per heavy atom. The summed E-state index contributed by atoms with van der Waals surface area (Å²) in [6, 6.07) is 0.876. The molecule has 1 saturated heterocycles. The molecule has 1 unspecified atom stereocenters. The lowest BCUT2D eigenvalue weighted by atomic mass is 9.81. The molecule has 0 aromatic carbocycles. The predicted molar refractivity (Wildman–Crippen MR) is 38.3 cm³/mol. The maximum absolute atomic E-state index is 3.56. The molecule has 1 heteroatoms. The van der Waals surface area contributed by atoms with E-state index >= 15 is 0 Å². The van der Waals surface area contributed by atoms with Gasteiger partial charge in [0.05, 0.1) is 0 Å². The van der Waals surface area contributed by atoms with Crippen molar-refractivity contribution in [2.24, 2.45) is 5.92 Å². The van der Waals surface area contributed by atoms with E-state index in [0.717, 1.165) is 12.0 Å². The Morgan fingerprint density at radius 2 is 2.22 bits per heavy atom. The zero-order valence-electron chi connectivity index (χ0n) is 6.28. The lowest BCUT2D eigenvalue weighted by Crippen LogP contribution is -2.25. The zero-order valence-corrected chi connectivity index (χ0v) is 6.28. The molecular formula is C8H15N. The normalized spacial score (nSPS) is 56.7. The lowest BCUT2D eigenvalue weighted by Gasteiger charge is -2.22. The van der Waals surface area contributed by atoms with Crippen molar-refractivity contribution in [1.82, 2.24) is 5.32 Å². The van der Waals surface area contributed by atoms with E-state index in [9.17, 15) is 0 Å². The maximum Gasteiger partial charge on any atom is 0.0335 e. The van der Waals surface area contributed by atoms with Gasteiger partial charge in [0.1, 0.15) is 0 Å². The highest BCUT2D eigenvalue weighted by Crippen LogP contribution is 2.43. The van der Waals surface area contributed by atoms with Crippen LogP contribution in [0.15, 0.2) is 0 Å². The minimum atomic E-state index is 0.554. The molecule has 2 rings (SSSR count). The summed E-state index contributed by atoms with van der Waals surface area (Å²) in [5, 5.41) is 3.56. The van der Waals surface area contributed by atoms with Gasteiger partial charge < -0.3 is 5.32 Å². The molecule has 9 heavy (non-hydrogen) atoms. The van der Waals surface area contributed by atoms with Crippen molar-refractivity contribution >= 4 is 0 Å². The lowest BCUT2D eigenvalue weighted by molar-refractivity contribution is 0.351. The fourth-order valence-electron chi connectivity index (χ4n) is 2.12. The Hall–Kier alpha value is -0.0400. The average molecular weight is 125 g/mol. The first-order valence-electron chi connectivity index (χ1n) is 4.01. The summed E-state index contributed by atoms with van der Waals surface area (Å²) in [4.78, 5) is 0. The topological polar surface area (TPSA) is 21.9 Å². The molecule has 2 fully saturated rings. The van der Waals surface area contributed by atoms with E-state index < -0.39 is 0 Å². The van der Waals surface area contributed by atoms with Gasteiger partial charge >= 0.3 is 0 Å². The third kappa shape index (κ3) is 0.644. The van der Waals surface area contributed by atoms with Crippen molar-refractivity contribution in [3.8, 4) is 0 Å². The van der Waals surface area contributed by atoms with Gasteiger partial charge in [0.25, 0.3) is 0 Å². The Morgan fingerprint density at radius 1 is 1.44 bits per heavy atom. The smallest absolute Gasteiger partial charge is 0.0335 e. The fraction of sp³-hybridized carbons (Fsp3) is 1.00. The van der Waals surface area contributed by atoms with Gasteiger partial charge in [-0.1, -0.05) is 13.3 Å². The van der Waals surface area contributed by atoms with E-state index in [-0.39, 0.29) is 0 Å². The molecule has 52 valence electrons. The summed E-state index contributed by atoms with van der Waals surface area (Å²) in [7, 11) is 0. The summed E-state index contributed by atoms with van der Waals surface area (Å²) in [5.41, 5.74) is 0.554. The van der Waals surface area contributed by atoms with Crippen molar-refractivity contribution in [2.45, 2.75) is 44.7 Å². The molecule has 0 amide bonds. The van der Waals surface area contributed by atoms with Crippen molar-refractivity contribution in [2.75, 3.05) is 0 Å². The number of hydrogen-bond donors (Lipinski definition) is 1. The molecule has 1 N–H and O–H groups in total. The highest BCUT2D eigenvalue weighted by Gasteiger charge is 2.54. The van der Waals surface area contributed by atoms with Crippen LogP contribution < -0.4 is 5.32 Å². The first kappa shape index (κ1) is 5.72. The molecule has 1 saturated carbocycles. The third-order valence-electron chi connectivity index (χ3n) is 3.28. The van der Waals surface area contributed by atoms with Crippen LogP contribution in [-0.4, -0.2) is 11.6 Å². The Balaban J connectivity index is 2.10. The molecule has 0 spiro atoms. The number of fused-ring (bicyclic) bond motifs is 1. The largest absolute Gasteiger partial charge is 0.305 e. The minimum Gasteiger partial charge on any atom is -0.305 e. The van der Waals surface area contributed by atoms with E-state index in [1.54, 1.807) is 0 Å². The Bertz CT molecular complexity index is 133. The first-order valence-corrected chi connectivity index (χ1v) is 4.01. The average Bonchev–Trinajstić information content (AvgIpc) is 2.44. The van der Waals surface area contributed by atoms with Crippen LogP contribution >= 0.6 is 0 Å². The molecule has 3 atom stereocenters. The zero-order chi connectivity index (χ0) is 6.48. The van der Waals surface area contributed by atoms with Crippen LogP contribution in [0.3, 0.4) is 0 Å². The predicted octanol–water partition coefficient (Wildman–Crippen LogP) is 1.54. The molecule has 0 aromatic heterocycles. The minimum absolute atomic E-state index is 0.554. The molecule has 0 bridgehead atoms. The quantitative estimate of drug-likeness (QED) is 0.487. The van der Waals surface area contributed by atoms with Crippen molar-refractivity contribution in [1.29, 1.82) is 0 Å². The van der Waals surface area contributed by atoms with Crippen LogP contribution in [0.25, 0.3) is 0 Å². The molecule has 1 aliphatic heterocycles. The van der Waals surface area contributed by atoms with Crippen molar-refractivity contribution < 1.29 is 0 Å². The molecule has 0 radical (unpaired) electrons. The maximum atomic E-state index is 3.56. The SMILES string of the molecule is C[C@H]1CCCC2N[C@@]21C. The standard InChI is InChI=1S/C8H15N/c1-6-4-3-5-7-8(6,2)9-7/h6-7,9H,3-5H2,1-2H3/t6-,7?,8+/m0/s1. The highest BCUT2D eigenvalue weighted by atomic mass is 15.2. The summed E-state index contributed by atoms with van der Waals surface area (Å²) in [5.74, 6) is 0.913. The van der Waals surface area contributed by atoms with Crippen LogP contribution in [0, 0.1) is 5.92 Å². The fourth-order valence-corrected chi connectivity index (χ4v) is 2.12. The van der Waals surface area contributed by atoms with Gasteiger partial charge in [-0.05, 0) is 25.7 Å². The molecular weight excluding hydrogens is 110 g/mol. The van der Waals surface area contributed by atoms with Gasteiger partial charge in [-0.3, -0.25) is 0 Å². The van der Waals surface area contributed by atoms with Crippen molar-refractivity contribution in [3.05, 3.63) is 0 Å². The summed E-state index contributed by atoms with van der Waals surface area (Å²) in [6.07, 6.45) is 4.29. The van der Waals surface area contributed by atoms with Crippen LogP contribution in [0.2, 0.25) is 0 Å². The second-order valence-corrected chi connectivity index (χ2v) is 3.81. The Labute approximate surface area is 56.8 Å². The molecule has 1 nitrogen and oxygen atoms in total. The van der Waals surface area contributed by atoms with Crippen LogP contribution in [0.4, 0.5) is 0 Å². The van der Waals surface area contributed by atoms with E-state index in [4.69, 9.17) is 0 Å². The number of hydrogen-bond acceptors (Lipinski definition) is 1. The second-order valence-electron chi connectivity index (χ2n) is 3.81. The first-order chi connectivity index (χ1) is 4.23. The van der Waals surface area contributed by atoms with Gasteiger partial charge in [-0.15, -0.1) is 0 Å². The summed E-state index contributed by atoms with van der Waals surface area (Å²) < 4.78 is 0. The third-order valence-corrected chi connectivity index (χ3v) is 3.28. The molecule has 0 aromatic rings.